The molecule has 0 aliphatic carbocycles. The van der Waals surface area contributed by atoms with Crippen molar-refractivity contribution in [2.24, 2.45) is 0 Å². The van der Waals surface area contributed by atoms with Gasteiger partial charge in [-0.25, -0.2) is 0 Å². The molecule has 0 saturated heterocycles. The lowest BCUT2D eigenvalue weighted by Gasteiger charge is -2.23. The summed E-state index contributed by atoms with van der Waals surface area (Å²) in [6, 6.07) is 2.05. The fourth-order valence-electron chi connectivity index (χ4n) is 1.71. The van der Waals surface area contributed by atoms with Gasteiger partial charge in [-0.05, 0) is 35.6 Å². The summed E-state index contributed by atoms with van der Waals surface area (Å²) in [6.45, 7) is 12.5. The molecule has 0 spiro atoms. The molecule has 0 bridgehead atoms. The molecule has 1 rings (SSSR count). The van der Waals surface area contributed by atoms with Crippen LogP contribution in [0.15, 0.2) is 18.8 Å². The maximum atomic E-state index is 4.31. The average molecular weight is 175 g/mol. The van der Waals surface area contributed by atoms with E-state index in [1.54, 1.807) is 0 Å². The van der Waals surface area contributed by atoms with Crippen LogP contribution in [0.25, 0.3) is 6.08 Å². The minimum Gasteiger partial charge on any atom is -0.257 e. The smallest absolute Gasteiger partial charge is 0.0663 e. The van der Waals surface area contributed by atoms with Crippen molar-refractivity contribution in [1.29, 1.82) is 0 Å². The zero-order chi connectivity index (χ0) is 10.1. The average Bonchev–Trinajstić information content (AvgIpc) is 2.01. The van der Waals surface area contributed by atoms with E-state index in [4.69, 9.17) is 0 Å². The molecule has 0 aliphatic rings. The van der Waals surface area contributed by atoms with Crippen LogP contribution in [0.2, 0.25) is 0 Å². The van der Waals surface area contributed by atoms with E-state index in [2.05, 4.69) is 39.3 Å². The molecular formula is C12H17N. The van der Waals surface area contributed by atoms with Crippen LogP contribution in [0.3, 0.4) is 0 Å². The van der Waals surface area contributed by atoms with E-state index in [0.717, 1.165) is 5.69 Å². The number of hydrogen-bond acceptors (Lipinski definition) is 1. The molecule has 1 nitrogen and oxygen atoms in total. The lowest BCUT2D eigenvalue weighted by molar-refractivity contribution is 0.581. The number of nitrogens with zero attached hydrogens (tertiary/aromatic N) is 1. The van der Waals surface area contributed by atoms with Crippen molar-refractivity contribution in [3.63, 3.8) is 0 Å². The zero-order valence-corrected chi connectivity index (χ0v) is 8.89. The van der Waals surface area contributed by atoms with Gasteiger partial charge in [0.15, 0.2) is 0 Å². The van der Waals surface area contributed by atoms with Gasteiger partial charge < -0.3 is 0 Å². The number of rotatable bonds is 1. The summed E-state index contributed by atoms with van der Waals surface area (Å²) in [5, 5.41) is 0. The molecule has 0 aliphatic heterocycles. The predicted octanol–water partition coefficient (Wildman–Crippen LogP) is 3.33. The van der Waals surface area contributed by atoms with Crippen LogP contribution < -0.4 is 0 Å². The van der Waals surface area contributed by atoms with Crippen LogP contribution in [-0.2, 0) is 5.41 Å². The van der Waals surface area contributed by atoms with Gasteiger partial charge in [0.25, 0.3) is 0 Å². The topological polar surface area (TPSA) is 12.9 Å². The van der Waals surface area contributed by atoms with Gasteiger partial charge in [-0.1, -0.05) is 27.4 Å². The normalized spacial score (nSPS) is 11.4. The standard InChI is InChI=1S/C12H17N/c1-6-10-11(12(3,4)5)9(2)7-8-13-10/h6-8H,1H2,2-5H3. The second-order valence-electron chi connectivity index (χ2n) is 4.34. The van der Waals surface area contributed by atoms with E-state index in [9.17, 15) is 0 Å². The van der Waals surface area contributed by atoms with Gasteiger partial charge in [0.05, 0.1) is 5.69 Å². The third-order valence-electron chi connectivity index (χ3n) is 2.13. The van der Waals surface area contributed by atoms with Crippen LogP contribution in [-0.4, -0.2) is 4.98 Å². The summed E-state index contributed by atoms with van der Waals surface area (Å²) in [5.74, 6) is 0. The summed E-state index contributed by atoms with van der Waals surface area (Å²) in [7, 11) is 0. The summed E-state index contributed by atoms with van der Waals surface area (Å²) >= 11 is 0. The molecule has 1 aromatic heterocycles. The molecule has 0 amide bonds. The van der Waals surface area contributed by atoms with Crippen molar-refractivity contribution in [2.75, 3.05) is 0 Å². The van der Waals surface area contributed by atoms with Gasteiger partial charge in [-0.3, -0.25) is 4.98 Å². The maximum absolute atomic E-state index is 4.31. The van der Waals surface area contributed by atoms with Crippen LogP contribution in [0.5, 0.6) is 0 Å². The summed E-state index contributed by atoms with van der Waals surface area (Å²) < 4.78 is 0. The van der Waals surface area contributed by atoms with Crippen LogP contribution in [0.4, 0.5) is 0 Å². The van der Waals surface area contributed by atoms with Gasteiger partial charge >= 0.3 is 0 Å². The van der Waals surface area contributed by atoms with E-state index in [1.165, 1.54) is 11.1 Å². The third kappa shape index (κ3) is 1.97. The zero-order valence-electron chi connectivity index (χ0n) is 8.89. The Morgan fingerprint density at radius 3 is 2.38 bits per heavy atom. The van der Waals surface area contributed by atoms with Crippen LogP contribution >= 0.6 is 0 Å². The van der Waals surface area contributed by atoms with Crippen LogP contribution in [0, 0.1) is 6.92 Å². The Balaban J connectivity index is 3.40. The van der Waals surface area contributed by atoms with E-state index >= 15 is 0 Å². The molecule has 0 atom stereocenters. The summed E-state index contributed by atoms with van der Waals surface area (Å²) in [6.07, 6.45) is 3.66. The fraction of sp³-hybridized carbons (Fsp3) is 0.417. The minimum atomic E-state index is 0.141. The molecule has 0 saturated carbocycles. The highest BCUT2D eigenvalue weighted by molar-refractivity contribution is 5.52. The molecule has 0 N–H and O–H groups in total. The van der Waals surface area contributed by atoms with Gasteiger partial charge in [-0.15, -0.1) is 0 Å². The monoisotopic (exact) mass is 175 g/mol. The number of hydrogen-bond donors (Lipinski definition) is 0. The van der Waals surface area contributed by atoms with Gasteiger partial charge in [0, 0.05) is 6.20 Å². The summed E-state index contributed by atoms with van der Waals surface area (Å²) in [4.78, 5) is 4.31. The van der Waals surface area contributed by atoms with Crippen molar-refractivity contribution in [3.05, 3.63) is 35.7 Å². The quantitative estimate of drug-likeness (QED) is 0.638. The fourth-order valence-corrected chi connectivity index (χ4v) is 1.71. The van der Waals surface area contributed by atoms with E-state index in [-0.39, 0.29) is 5.41 Å². The number of aryl methyl sites for hydroxylation is 1. The van der Waals surface area contributed by atoms with E-state index in [0.29, 0.717) is 0 Å². The van der Waals surface area contributed by atoms with Crippen molar-refractivity contribution >= 4 is 6.08 Å². The lowest BCUT2D eigenvalue weighted by atomic mass is 9.83. The van der Waals surface area contributed by atoms with E-state index in [1.807, 2.05) is 18.3 Å². The molecular weight excluding hydrogens is 158 g/mol. The molecule has 0 unspecified atom stereocenters. The Kier molecular flexibility index (Phi) is 2.55. The SMILES string of the molecule is C=Cc1nccc(C)c1C(C)(C)C. The first kappa shape index (κ1) is 9.97. The van der Waals surface area contributed by atoms with Crippen molar-refractivity contribution in [3.8, 4) is 0 Å². The Morgan fingerprint density at radius 2 is 2.00 bits per heavy atom. The first-order chi connectivity index (χ1) is 5.96. The minimum absolute atomic E-state index is 0.141. The Bertz CT molecular complexity index is 318. The second-order valence-corrected chi connectivity index (χ2v) is 4.34. The molecule has 1 heteroatoms. The number of pyridine rings is 1. The summed E-state index contributed by atoms with van der Waals surface area (Å²) in [5.41, 5.74) is 3.73. The lowest BCUT2D eigenvalue weighted by Crippen LogP contribution is -2.15. The molecule has 1 aromatic rings. The molecule has 1 heterocycles. The van der Waals surface area contributed by atoms with Crippen molar-refractivity contribution in [2.45, 2.75) is 33.1 Å². The van der Waals surface area contributed by atoms with Crippen LogP contribution in [0.1, 0.15) is 37.6 Å². The highest BCUT2D eigenvalue weighted by Crippen LogP contribution is 2.28. The predicted molar refractivity (Wildman–Crippen MR) is 57.8 cm³/mol. The second kappa shape index (κ2) is 3.33. The molecule has 13 heavy (non-hydrogen) atoms. The van der Waals surface area contributed by atoms with Gasteiger partial charge in [0.2, 0.25) is 0 Å². The van der Waals surface area contributed by atoms with Gasteiger partial charge in [0.1, 0.15) is 0 Å². The Morgan fingerprint density at radius 1 is 1.38 bits per heavy atom. The highest BCUT2D eigenvalue weighted by Gasteiger charge is 2.19. The Hall–Kier alpha value is -1.11. The molecule has 0 fully saturated rings. The van der Waals surface area contributed by atoms with Gasteiger partial charge in [-0.2, -0.15) is 0 Å². The first-order valence-electron chi connectivity index (χ1n) is 4.55. The van der Waals surface area contributed by atoms with E-state index < -0.39 is 0 Å². The maximum Gasteiger partial charge on any atom is 0.0663 e. The molecule has 0 aromatic carbocycles. The number of aromatic nitrogens is 1. The Labute approximate surface area is 80.5 Å². The van der Waals surface area contributed by atoms with Crippen molar-refractivity contribution < 1.29 is 0 Å². The first-order valence-corrected chi connectivity index (χ1v) is 4.55. The highest BCUT2D eigenvalue weighted by atomic mass is 14.7. The van der Waals surface area contributed by atoms with Crippen molar-refractivity contribution in [1.82, 2.24) is 4.98 Å². The molecule has 0 radical (unpaired) electrons. The third-order valence-corrected chi connectivity index (χ3v) is 2.13. The largest absolute Gasteiger partial charge is 0.257 e. The molecule has 70 valence electrons.